The van der Waals surface area contributed by atoms with Crippen LogP contribution in [0, 0.1) is 17.5 Å². The number of nitrogens with one attached hydrogen (secondary N) is 2. The molecule has 7 nitrogen and oxygen atoms in total. The van der Waals surface area contributed by atoms with E-state index in [0.29, 0.717) is 11.4 Å². The molecular weight excluding hydrogens is 363 g/mol. The summed E-state index contributed by atoms with van der Waals surface area (Å²) in [6.45, 7) is -0.454. The molecule has 0 fully saturated rings. The van der Waals surface area contributed by atoms with Crippen molar-refractivity contribution in [2.75, 3.05) is 17.2 Å². The average molecular weight is 375 g/mol. The van der Waals surface area contributed by atoms with Crippen molar-refractivity contribution in [3.63, 3.8) is 0 Å². The van der Waals surface area contributed by atoms with Crippen molar-refractivity contribution in [1.82, 2.24) is 15.0 Å². The van der Waals surface area contributed by atoms with Crippen molar-refractivity contribution in [1.29, 1.82) is 0 Å². The van der Waals surface area contributed by atoms with E-state index in [4.69, 9.17) is 5.11 Å². The number of pyridine rings is 1. The molecule has 3 aromatic rings. The van der Waals surface area contributed by atoms with Gasteiger partial charge in [-0.05, 0) is 24.3 Å². The third-order valence-corrected chi connectivity index (χ3v) is 3.35. The molecule has 0 atom stereocenters. The molecule has 0 saturated heterocycles. The van der Waals surface area contributed by atoms with E-state index in [-0.39, 0.29) is 17.5 Å². The molecule has 0 aliphatic rings. The van der Waals surface area contributed by atoms with Crippen LogP contribution in [0.3, 0.4) is 0 Å². The number of hydrogen-bond donors (Lipinski definition) is 3. The zero-order valence-corrected chi connectivity index (χ0v) is 13.6. The first kappa shape index (κ1) is 18.1. The molecule has 0 radical (unpaired) electrons. The highest BCUT2D eigenvalue weighted by Crippen LogP contribution is 2.25. The summed E-state index contributed by atoms with van der Waals surface area (Å²) in [7, 11) is 0. The van der Waals surface area contributed by atoms with E-state index in [0.717, 1.165) is 12.1 Å². The SMILES string of the molecule is O=C(O)CNc1nc(Nc2ccc(F)c(F)c2F)cc(-c2ccccn2)n1. The second-order valence-corrected chi connectivity index (χ2v) is 5.27. The first-order valence-electron chi connectivity index (χ1n) is 7.60. The third kappa shape index (κ3) is 4.29. The van der Waals surface area contributed by atoms with Gasteiger partial charge in [-0.2, -0.15) is 4.98 Å². The number of carbonyl (C=O) groups is 1. The van der Waals surface area contributed by atoms with Crippen molar-refractivity contribution in [3.05, 3.63) is 60.0 Å². The Morgan fingerprint density at radius 1 is 1.04 bits per heavy atom. The van der Waals surface area contributed by atoms with Gasteiger partial charge in [0.25, 0.3) is 0 Å². The van der Waals surface area contributed by atoms with Gasteiger partial charge in [0.2, 0.25) is 5.95 Å². The number of aromatic nitrogens is 3. The summed E-state index contributed by atoms with van der Waals surface area (Å²) in [5.41, 5.74) is 0.416. The summed E-state index contributed by atoms with van der Waals surface area (Å²) < 4.78 is 40.4. The van der Waals surface area contributed by atoms with Crippen LogP contribution in [0.4, 0.5) is 30.6 Å². The van der Waals surface area contributed by atoms with Crippen molar-refractivity contribution >= 4 is 23.4 Å². The standard InChI is InChI=1S/C17H12F3N5O2/c18-9-4-5-11(16(20)15(9)19)23-13-7-12(10-3-1-2-6-21-10)24-17(25-13)22-8-14(26)27/h1-7H,8H2,(H,26,27)(H2,22,23,24,25). The van der Waals surface area contributed by atoms with E-state index >= 15 is 0 Å². The third-order valence-electron chi connectivity index (χ3n) is 3.35. The maximum Gasteiger partial charge on any atom is 0.322 e. The molecule has 2 heterocycles. The van der Waals surface area contributed by atoms with Gasteiger partial charge in [-0.3, -0.25) is 9.78 Å². The smallest absolute Gasteiger partial charge is 0.322 e. The van der Waals surface area contributed by atoms with Gasteiger partial charge in [0.1, 0.15) is 12.4 Å². The number of anilines is 3. The van der Waals surface area contributed by atoms with Crippen LogP contribution < -0.4 is 10.6 Å². The van der Waals surface area contributed by atoms with E-state index in [2.05, 4.69) is 25.6 Å². The van der Waals surface area contributed by atoms with E-state index in [1.54, 1.807) is 18.2 Å². The Labute approximate surface area is 150 Å². The predicted molar refractivity (Wildman–Crippen MR) is 91.0 cm³/mol. The number of aliphatic carboxylic acids is 1. The number of carboxylic acids is 1. The molecule has 0 unspecified atom stereocenters. The Morgan fingerprint density at radius 2 is 1.85 bits per heavy atom. The van der Waals surface area contributed by atoms with Gasteiger partial charge in [0.15, 0.2) is 17.5 Å². The molecule has 3 rings (SSSR count). The fourth-order valence-corrected chi connectivity index (χ4v) is 2.15. The first-order valence-corrected chi connectivity index (χ1v) is 7.60. The molecule has 2 aromatic heterocycles. The van der Waals surface area contributed by atoms with Crippen LogP contribution in [0.1, 0.15) is 0 Å². The molecule has 138 valence electrons. The zero-order valence-electron chi connectivity index (χ0n) is 13.6. The van der Waals surface area contributed by atoms with Gasteiger partial charge in [-0.1, -0.05) is 6.07 Å². The van der Waals surface area contributed by atoms with E-state index in [1.165, 1.54) is 12.3 Å². The summed E-state index contributed by atoms with van der Waals surface area (Å²) in [6, 6.07) is 8.27. The topological polar surface area (TPSA) is 100 Å². The number of benzene rings is 1. The maximum atomic E-state index is 13.9. The minimum absolute atomic E-state index is 0.0310. The fraction of sp³-hybridized carbons (Fsp3) is 0.0588. The van der Waals surface area contributed by atoms with Crippen molar-refractivity contribution in [3.8, 4) is 11.4 Å². The van der Waals surface area contributed by atoms with Gasteiger partial charge in [0.05, 0.1) is 17.1 Å². The molecule has 27 heavy (non-hydrogen) atoms. The lowest BCUT2D eigenvalue weighted by Gasteiger charge is -2.11. The Bertz CT molecular complexity index is 986. The van der Waals surface area contributed by atoms with Crippen LogP contribution in [0.2, 0.25) is 0 Å². The average Bonchev–Trinajstić information content (AvgIpc) is 2.67. The number of nitrogens with zero attached hydrogens (tertiary/aromatic N) is 3. The quantitative estimate of drug-likeness (QED) is 0.569. The number of carboxylic acid groups (broad SMARTS) is 1. The molecule has 10 heteroatoms. The summed E-state index contributed by atoms with van der Waals surface area (Å²) in [5.74, 6) is -5.52. The highest BCUT2D eigenvalue weighted by atomic mass is 19.2. The van der Waals surface area contributed by atoms with Crippen LogP contribution >= 0.6 is 0 Å². The molecule has 1 aromatic carbocycles. The molecule has 0 aliphatic carbocycles. The summed E-state index contributed by atoms with van der Waals surface area (Å²) in [4.78, 5) is 23.0. The molecule has 3 N–H and O–H groups in total. The molecular formula is C17H12F3N5O2. The lowest BCUT2D eigenvalue weighted by molar-refractivity contribution is -0.134. The van der Waals surface area contributed by atoms with Crippen molar-refractivity contribution < 1.29 is 23.1 Å². The highest BCUT2D eigenvalue weighted by Gasteiger charge is 2.15. The normalized spacial score (nSPS) is 10.5. The molecule has 0 amide bonds. The minimum Gasteiger partial charge on any atom is -0.480 e. The molecule has 0 aliphatic heterocycles. The molecule has 0 saturated carbocycles. The Balaban J connectivity index is 1.99. The Morgan fingerprint density at radius 3 is 2.56 bits per heavy atom. The first-order chi connectivity index (χ1) is 12.9. The number of hydrogen-bond acceptors (Lipinski definition) is 6. The number of rotatable bonds is 6. The van der Waals surface area contributed by atoms with Gasteiger partial charge < -0.3 is 15.7 Å². The highest BCUT2D eigenvalue weighted by molar-refractivity contribution is 5.72. The number of halogens is 3. The van der Waals surface area contributed by atoms with E-state index < -0.39 is 30.0 Å². The van der Waals surface area contributed by atoms with Crippen LogP contribution in [0.15, 0.2) is 42.6 Å². The second kappa shape index (κ2) is 7.68. The Hall–Kier alpha value is -3.69. The zero-order chi connectivity index (χ0) is 19.4. The van der Waals surface area contributed by atoms with Crippen LogP contribution in [0.5, 0.6) is 0 Å². The van der Waals surface area contributed by atoms with Crippen LogP contribution in [-0.4, -0.2) is 32.6 Å². The lowest BCUT2D eigenvalue weighted by atomic mass is 10.2. The summed E-state index contributed by atoms with van der Waals surface area (Å²) >= 11 is 0. The van der Waals surface area contributed by atoms with Gasteiger partial charge in [-0.15, -0.1) is 0 Å². The predicted octanol–water partition coefficient (Wildman–Crippen LogP) is 3.20. The van der Waals surface area contributed by atoms with Crippen molar-refractivity contribution in [2.24, 2.45) is 0 Å². The summed E-state index contributed by atoms with van der Waals surface area (Å²) in [5, 5.41) is 13.8. The van der Waals surface area contributed by atoms with E-state index in [1.807, 2.05) is 0 Å². The molecule has 0 bridgehead atoms. The fourth-order valence-electron chi connectivity index (χ4n) is 2.15. The monoisotopic (exact) mass is 375 g/mol. The van der Waals surface area contributed by atoms with Crippen LogP contribution in [-0.2, 0) is 4.79 Å². The largest absolute Gasteiger partial charge is 0.480 e. The van der Waals surface area contributed by atoms with E-state index in [9.17, 15) is 18.0 Å². The Kier molecular flexibility index (Phi) is 5.15. The van der Waals surface area contributed by atoms with Crippen LogP contribution in [0.25, 0.3) is 11.4 Å². The molecule has 0 spiro atoms. The van der Waals surface area contributed by atoms with Crippen molar-refractivity contribution in [2.45, 2.75) is 0 Å². The van der Waals surface area contributed by atoms with Gasteiger partial charge in [-0.25, -0.2) is 18.2 Å². The minimum atomic E-state index is -1.62. The van der Waals surface area contributed by atoms with Gasteiger partial charge >= 0.3 is 5.97 Å². The van der Waals surface area contributed by atoms with Gasteiger partial charge in [0, 0.05) is 12.3 Å². The maximum absolute atomic E-state index is 13.9. The lowest BCUT2D eigenvalue weighted by Crippen LogP contribution is -2.15. The summed E-state index contributed by atoms with van der Waals surface area (Å²) in [6.07, 6.45) is 1.53. The second-order valence-electron chi connectivity index (χ2n) is 5.27.